The van der Waals surface area contributed by atoms with Gasteiger partial charge in [0, 0.05) is 11.6 Å². The molecule has 0 N–H and O–H groups in total. The van der Waals surface area contributed by atoms with Crippen molar-refractivity contribution in [3.05, 3.63) is 64.7 Å². The Morgan fingerprint density at radius 1 is 1.10 bits per heavy atom. The topological polar surface area (TPSA) is 37.4 Å². The van der Waals surface area contributed by atoms with Gasteiger partial charge in [0.2, 0.25) is 10.0 Å². The molecule has 0 atom stereocenters. The van der Waals surface area contributed by atoms with Gasteiger partial charge in [-0.15, -0.1) is 0 Å². The maximum atomic E-state index is 12.7. The van der Waals surface area contributed by atoms with Crippen LogP contribution in [0, 0.1) is 0 Å². The van der Waals surface area contributed by atoms with Crippen LogP contribution in [0.1, 0.15) is 17.5 Å². The van der Waals surface area contributed by atoms with Gasteiger partial charge in [0.15, 0.2) is 0 Å². The molecule has 0 aliphatic carbocycles. The molecule has 1 aliphatic heterocycles. The Balaban J connectivity index is 1.93. The number of fused-ring (bicyclic) bond motifs is 1. The van der Waals surface area contributed by atoms with E-state index in [4.69, 9.17) is 11.6 Å². The van der Waals surface area contributed by atoms with Gasteiger partial charge in [0.05, 0.1) is 11.4 Å². The van der Waals surface area contributed by atoms with Crippen molar-refractivity contribution in [1.82, 2.24) is 0 Å². The summed E-state index contributed by atoms with van der Waals surface area (Å²) in [5.41, 5.74) is 2.62. The van der Waals surface area contributed by atoms with Gasteiger partial charge in [-0.1, -0.05) is 41.9 Å². The minimum Gasteiger partial charge on any atom is -0.270 e. The molecule has 0 radical (unpaired) electrons. The van der Waals surface area contributed by atoms with Crippen molar-refractivity contribution >= 4 is 27.3 Å². The van der Waals surface area contributed by atoms with Gasteiger partial charge in [-0.2, -0.15) is 0 Å². The van der Waals surface area contributed by atoms with Gasteiger partial charge in [-0.05, 0) is 42.2 Å². The summed E-state index contributed by atoms with van der Waals surface area (Å²) < 4.78 is 27.0. The summed E-state index contributed by atoms with van der Waals surface area (Å²) in [5, 5.41) is 0.557. The molecule has 0 fully saturated rings. The minimum absolute atomic E-state index is 0.0259. The third-order valence-corrected chi connectivity index (χ3v) is 5.63. The molecule has 0 spiro atoms. The lowest BCUT2D eigenvalue weighted by molar-refractivity contribution is 0.586. The zero-order valence-electron chi connectivity index (χ0n) is 11.5. The quantitative estimate of drug-likeness (QED) is 0.865. The van der Waals surface area contributed by atoms with Gasteiger partial charge >= 0.3 is 0 Å². The van der Waals surface area contributed by atoms with Crippen molar-refractivity contribution in [2.24, 2.45) is 0 Å². The van der Waals surface area contributed by atoms with Crippen molar-refractivity contribution in [3.8, 4) is 0 Å². The molecule has 5 heteroatoms. The van der Waals surface area contributed by atoms with E-state index in [0.717, 1.165) is 24.1 Å². The fourth-order valence-electron chi connectivity index (χ4n) is 2.70. The summed E-state index contributed by atoms with van der Waals surface area (Å²) in [6.07, 6.45) is 1.78. The average Bonchev–Trinajstić information content (AvgIpc) is 2.46. The van der Waals surface area contributed by atoms with Crippen LogP contribution in [-0.2, 0) is 22.2 Å². The standard InChI is InChI=1S/C16H16ClNO2S/c17-15-8-3-5-13(11-15)12-21(19,20)18-10-4-7-14-6-1-2-9-16(14)18/h1-3,5-6,8-9,11H,4,7,10,12H2. The number of benzene rings is 2. The highest BCUT2D eigenvalue weighted by atomic mass is 35.5. The highest BCUT2D eigenvalue weighted by Crippen LogP contribution is 2.30. The minimum atomic E-state index is -3.39. The number of nitrogens with zero attached hydrogens (tertiary/aromatic N) is 1. The predicted molar refractivity (Wildman–Crippen MR) is 86.2 cm³/mol. The lowest BCUT2D eigenvalue weighted by Gasteiger charge is -2.30. The van der Waals surface area contributed by atoms with Crippen LogP contribution in [0.4, 0.5) is 5.69 Å². The Labute approximate surface area is 130 Å². The van der Waals surface area contributed by atoms with Crippen LogP contribution < -0.4 is 4.31 Å². The van der Waals surface area contributed by atoms with Crippen molar-refractivity contribution in [2.45, 2.75) is 18.6 Å². The Morgan fingerprint density at radius 2 is 1.90 bits per heavy atom. The normalized spacial score (nSPS) is 14.8. The summed E-state index contributed by atoms with van der Waals surface area (Å²) in [6, 6.07) is 14.7. The SMILES string of the molecule is O=S(=O)(Cc1cccc(Cl)c1)N1CCCc2ccccc21. The number of hydrogen-bond donors (Lipinski definition) is 0. The zero-order chi connectivity index (χ0) is 14.9. The van der Waals surface area contributed by atoms with Crippen molar-refractivity contribution in [2.75, 3.05) is 10.8 Å². The van der Waals surface area contributed by atoms with E-state index < -0.39 is 10.0 Å². The molecule has 1 aliphatic rings. The molecule has 0 amide bonds. The van der Waals surface area contributed by atoms with Crippen LogP contribution in [0.3, 0.4) is 0 Å². The van der Waals surface area contributed by atoms with E-state index in [1.807, 2.05) is 24.3 Å². The Morgan fingerprint density at radius 3 is 2.71 bits per heavy atom. The average molecular weight is 322 g/mol. The molecule has 0 unspecified atom stereocenters. The molecular formula is C16H16ClNO2S. The molecule has 3 rings (SSSR count). The van der Waals surface area contributed by atoms with E-state index in [1.54, 1.807) is 24.3 Å². The van der Waals surface area contributed by atoms with E-state index in [9.17, 15) is 8.42 Å². The second kappa shape index (κ2) is 5.70. The van der Waals surface area contributed by atoms with Crippen LogP contribution >= 0.6 is 11.6 Å². The van der Waals surface area contributed by atoms with Gasteiger partial charge in [0.1, 0.15) is 0 Å². The van der Waals surface area contributed by atoms with Crippen LogP contribution in [-0.4, -0.2) is 15.0 Å². The molecule has 0 saturated heterocycles. The second-order valence-corrected chi connectivity index (χ2v) is 7.52. The fraction of sp³-hybridized carbons (Fsp3) is 0.250. The highest BCUT2D eigenvalue weighted by Gasteiger charge is 2.27. The molecule has 3 nitrogen and oxygen atoms in total. The molecule has 0 saturated carbocycles. The number of rotatable bonds is 3. The van der Waals surface area contributed by atoms with Crippen molar-refractivity contribution in [1.29, 1.82) is 0 Å². The van der Waals surface area contributed by atoms with Crippen LogP contribution in [0.2, 0.25) is 5.02 Å². The first-order valence-corrected chi connectivity index (χ1v) is 8.88. The largest absolute Gasteiger partial charge is 0.270 e. The fourth-order valence-corrected chi connectivity index (χ4v) is 4.56. The first-order chi connectivity index (χ1) is 10.1. The smallest absolute Gasteiger partial charge is 0.239 e. The maximum absolute atomic E-state index is 12.7. The summed E-state index contributed by atoms with van der Waals surface area (Å²) in [7, 11) is -3.39. The number of para-hydroxylation sites is 1. The van der Waals surface area contributed by atoms with Gasteiger partial charge in [-0.25, -0.2) is 8.42 Å². The summed E-state index contributed by atoms with van der Waals surface area (Å²) >= 11 is 5.93. The Kier molecular flexibility index (Phi) is 3.91. The van der Waals surface area contributed by atoms with Gasteiger partial charge in [0.25, 0.3) is 0 Å². The monoisotopic (exact) mass is 321 g/mol. The molecule has 110 valence electrons. The zero-order valence-corrected chi connectivity index (χ0v) is 13.1. The van der Waals surface area contributed by atoms with Gasteiger partial charge < -0.3 is 0 Å². The van der Waals surface area contributed by atoms with Crippen LogP contribution in [0.25, 0.3) is 0 Å². The number of halogens is 1. The third kappa shape index (κ3) is 3.06. The molecule has 0 aromatic heterocycles. The van der Waals surface area contributed by atoms with E-state index in [1.165, 1.54) is 4.31 Å². The molecule has 21 heavy (non-hydrogen) atoms. The molecule has 0 bridgehead atoms. The Bertz CT molecular complexity index is 758. The van der Waals surface area contributed by atoms with Crippen molar-refractivity contribution < 1.29 is 8.42 Å². The van der Waals surface area contributed by atoms with E-state index >= 15 is 0 Å². The molecule has 2 aromatic rings. The molecule has 2 aromatic carbocycles. The van der Waals surface area contributed by atoms with Crippen LogP contribution in [0.15, 0.2) is 48.5 Å². The maximum Gasteiger partial charge on any atom is 0.239 e. The molecular weight excluding hydrogens is 306 g/mol. The molecule has 1 heterocycles. The first kappa shape index (κ1) is 14.4. The number of sulfonamides is 1. The third-order valence-electron chi connectivity index (χ3n) is 3.64. The van der Waals surface area contributed by atoms with Gasteiger partial charge in [-0.3, -0.25) is 4.31 Å². The number of aryl methyl sites for hydroxylation is 1. The second-order valence-electron chi connectivity index (χ2n) is 5.19. The van der Waals surface area contributed by atoms with E-state index in [0.29, 0.717) is 17.1 Å². The number of anilines is 1. The highest BCUT2D eigenvalue weighted by molar-refractivity contribution is 7.92. The van der Waals surface area contributed by atoms with Crippen LogP contribution in [0.5, 0.6) is 0 Å². The van der Waals surface area contributed by atoms with E-state index in [-0.39, 0.29) is 5.75 Å². The van der Waals surface area contributed by atoms with Crippen molar-refractivity contribution in [3.63, 3.8) is 0 Å². The Hall–Kier alpha value is -1.52. The summed E-state index contributed by atoms with van der Waals surface area (Å²) in [4.78, 5) is 0. The first-order valence-electron chi connectivity index (χ1n) is 6.89. The predicted octanol–water partition coefficient (Wildman–Crippen LogP) is 3.62. The summed E-state index contributed by atoms with van der Waals surface area (Å²) in [5.74, 6) is -0.0259. The number of hydrogen-bond acceptors (Lipinski definition) is 2. The summed E-state index contributed by atoms with van der Waals surface area (Å²) in [6.45, 7) is 0.542. The lowest BCUT2D eigenvalue weighted by atomic mass is 10.0. The van der Waals surface area contributed by atoms with E-state index in [2.05, 4.69) is 0 Å². The lowest BCUT2D eigenvalue weighted by Crippen LogP contribution is -2.36.